The first kappa shape index (κ1) is 18.3. The Morgan fingerprint density at radius 2 is 1.37 bits per heavy atom. The second kappa shape index (κ2) is 7.42. The van der Waals surface area contributed by atoms with Gasteiger partial charge in [-0.25, -0.2) is 12.8 Å². The van der Waals surface area contributed by atoms with E-state index in [1.807, 2.05) is 0 Å². The first-order valence-corrected chi connectivity index (χ1v) is 9.12. The van der Waals surface area contributed by atoms with Crippen molar-refractivity contribution < 1.29 is 22.5 Å². The van der Waals surface area contributed by atoms with E-state index in [1.54, 1.807) is 0 Å². The predicted octanol–water partition coefficient (Wildman–Crippen LogP) is 4.33. The van der Waals surface area contributed by atoms with Gasteiger partial charge in [-0.1, -0.05) is 0 Å². The highest BCUT2D eigenvalue weighted by atomic mass is 32.2. The maximum Gasteiger partial charge on any atom is 0.269 e. The number of ether oxygens (including phenoxy) is 1. The number of nitro benzene ring substituents is 1. The van der Waals surface area contributed by atoms with Crippen LogP contribution >= 0.6 is 0 Å². The van der Waals surface area contributed by atoms with Crippen molar-refractivity contribution in [3.63, 3.8) is 0 Å². The Bertz CT molecular complexity index is 1050. The highest BCUT2D eigenvalue weighted by molar-refractivity contribution is 7.92. The monoisotopic (exact) mass is 388 g/mol. The van der Waals surface area contributed by atoms with Crippen molar-refractivity contribution in [2.24, 2.45) is 0 Å². The SMILES string of the molecule is O=[N+]([O-])c1ccc(Oc2ccc(S(=O)(=O)Nc3ccc(F)cc3)cc2)cc1. The van der Waals surface area contributed by atoms with E-state index < -0.39 is 20.8 Å². The van der Waals surface area contributed by atoms with Gasteiger partial charge in [0.25, 0.3) is 15.7 Å². The summed E-state index contributed by atoms with van der Waals surface area (Å²) < 4.78 is 45.5. The quantitative estimate of drug-likeness (QED) is 0.501. The molecule has 138 valence electrons. The zero-order chi connectivity index (χ0) is 19.4. The molecule has 3 aromatic rings. The zero-order valence-corrected chi connectivity index (χ0v) is 14.5. The summed E-state index contributed by atoms with van der Waals surface area (Å²) >= 11 is 0. The lowest BCUT2D eigenvalue weighted by Crippen LogP contribution is -2.12. The van der Waals surface area contributed by atoms with Gasteiger partial charge in [-0.2, -0.15) is 0 Å². The molecule has 0 saturated heterocycles. The predicted molar refractivity (Wildman–Crippen MR) is 96.8 cm³/mol. The van der Waals surface area contributed by atoms with E-state index in [4.69, 9.17) is 4.74 Å². The second-order valence-electron chi connectivity index (χ2n) is 5.44. The van der Waals surface area contributed by atoms with Gasteiger partial charge in [0.05, 0.1) is 9.82 Å². The zero-order valence-electron chi connectivity index (χ0n) is 13.7. The fraction of sp³-hybridized carbons (Fsp3) is 0. The third-order valence-corrected chi connectivity index (χ3v) is 4.91. The average molecular weight is 388 g/mol. The molecule has 0 fully saturated rings. The van der Waals surface area contributed by atoms with Gasteiger partial charge in [0.15, 0.2) is 0 Å². The van der Waals surface area contributed by atoms with E-state index in [1.165, 1.54) is 60.7 Å². The van der Waals surface area contributed by atoms with Crippen LogP contribution in [0.1, 0.15) is 0 Å². The molecular formula is C18H13FN2O5S. The number of sulfonamides is 1. The summed E-state index contributed by atoms with van der Waals surface area (Å²) in [6.07, 6.45) is 0. The van der Waals surface area contributed by atoms with Crippen LogP contribution in [0.4, 0.5) is 15.8 Å². The summed E-state index contributed by atoms with van der Waals surface area (Å²) in [5.41, 5.74) is 0.179. The molecule has 0 aliphatic rings. The van der Waals surface area contributed by atoms with Crippen molar-refractivity contribution in [3.05, 3.63) is 88.7 Å². The molecule has 0 radical (unpaired) electrons. The molecule has 0 aliphatic heterocycles. The molecule has 3 aromatic carbocycles. The van der Waals surface area contributed by atoms with Gasteiger partial charge in [0.2, 0.25) is 0 Å². The van der Waals surface area contributed by atoms with Crippen molar-refractivity contribution in [1.29, 1.82) is 0 Å². The van der Waals surface area contributed by atoms with Crippen LogP contribution in [0.5, 0.6) is 11.5 Å². The Kier molecular flexibility index (Phi) is 5.04. The number of nitro groups is 1. The lowest BCUT2D eigenvalue weighted by molar-refractivity contribution is -0.384. The summed E-state index contributed by atoms with van der Waals surface area (Å²) in [7, 11) is -3.83. The van der Waals surface area contributed by atoms with Gasteiger partial charge in [0.1, 0.15) is 17.3 Å². The molecule has 0 heterocycles. The Morgan fingerprint density at radius 3 is 1.89 bits per heavy atom. The molecule has 0 amide bonds. The Hall–Kier alpha value is -3.46. The standard InChI is InChI=1S/C18H13FN2O5S/c19-13-1-3-14(4-2-13)20-27(24,25)18-11-9-17(10-12-18)26-16-7-5-15(6-8-16)21(22)23/h1-12,20H. The molecular weight excluding hydrogens is 375 g/mol. The number of nitrogens with zero attached hydrogens (tertiary/aromatic N) is 1. The number of hydrogen-bond acceptors (Lipinski definition) is 5. The van der Waals surface area contributed by atoms with Crippen molar-refractivity contribution in [2.45, 2.75) is 4.90 Å². The summed E-state index contributed by atoms with van der Waals surface area (Å²) in [5.74, 6) is 0.274. The van der Waals surface area contributed by atoms with E-state index in [9.17, 15) is 22.9 Å². The summed E-state index contributed by atoms with van der Waals surface area (Å²) in [4.78, 5) is 10.1. The smallest absolute Gasteiger partial charge is 0.269 e. The minimum atomic E-state index is -3.83. The molecule has 9 heteroatoms. The number of non-ortho nitro benzene ring substituents is 1. The second-order valence-corrected chi connectivity index (χ2v) is 7.12. The normalized spacial score (nSPS) is 11.0. The van der Waals surface area contributed by atoms with Crippen molar-refractivity contribution in [3.8, 4) is 11.5 Å². The number of benzene rings is 3. The van der Waals surface area contributed by atoms with Crippen LogP contribution in [0.25, 0.3) is 0 Å². The maximum absolute atomic E-state index is 12.9. The summed E-state index contributed by atoms with van der Waals surface area (Å²) in [5, 5.41) is 10.6. The van der Waals surface area contributed by atoms with Gasteiger partial charge < -0.3 is 4.74 Å². The largest absolute Gasteiger partial charge is 0.457 e. The van der Waals surface area contributed by atoms with Crippen LogP contribution in [-0.4, -0.2) is 13.3 Å². The average Bonchev–Trinajstić information content (AvgIpc) is 2.64. The summed E-state index contributed by atoms with van der Waals surface area (Å²) in [6.45, 7) is 0. The minimum absolute atomic E-state index is 0.00266. The minimum Gasteiger partial charge on any atom is -0.457 e. The van der Waals surface area contributed by atoms with Gasteiger partial charge in [0, 0.05) is 17.8 Å². The van der Waals surface area contributed by atoms with Crippen LogP contribution in [0.15, 0.2) is 77.7 Å². The Morgan fingerprint density at radius 1 is 0.852 bits per heavy atom. The van der Waals surface area contributed by atoms with Crippen LogP contribution in [0.2, 0.25) is 0 Å². The van der Waals surface area contributed by atoms with Crippen LogP contribution in [-0.2, 0) is 10.0 Å². The molecule has 0 aromatic heterocycles. The molecule has 0 spiro atoms. The van der Waals surface area contributed by atoms with Gasteiger partial charge in [-0.05, 0) is 60.7 Å². The number of halogens is 1. The van der Waals surface area contributed by atoms with Gasteiger partial charge in [-0.3, -0.25) is 14.8 Å². The third-order valence-electron chi connectivity index (χ3n) is 3.51. The highest BCUT2D eigenvalue weighted by Crippen LogP contribution is 2.25. The number of hydrogen-bond donors (Lipinski definition) is 1. The lowest BCUT2D eigenvalue weighted by Gasteiger charge is -2.09. The molecule has 27 heavy (non-hydrogen) atoms. The first-order valence-electron chi connectivity index (χ1n) is 7.64. The molecule has 0 saturated carbocycles. The van der Waals surface area contributed by atoms with Crippen molar-refractivity contribution in [1.82, 2.24) is 0 Å². The third kappa shape index (κ3) is 4.59. The van der Waals surface area contributed by atoms with E-state index >= 15 is 0 Å². The Balaban J connectivity index is 1.72. The Labute approximate surface area is 154 Å². The van der Waals surface area contributed by atoms with E-state index in [0.717, 1.165) is 12.1 Å². The van der Waals surface area contributed by atoms with Gasteiger partial charge in [-0.15, -0.1) is 0 Å². The maximum atomic E-state index is 12.9. The molecule has 0 aliphatic carbocycles. The van der Waals surface area contributed by atoms with Crippen molar-refractivity contribution in [2.75, 3.05) is 4.72 Å². The topological polar surface area (TPSA) is 98.5 Å². The van der Waals surface area contributed by atoms with E-state index in [-0.39, 0.29) is 16.3 Å². The molecule has 0 unspecified atom stereocenters. The van der Waals surface area contributed by atoms with E-state index in [2.05, 4.69) is 4.72 Å². The molecule has 0 atom stereocenters. The number of rotatable bonds is 6. The highest BCUT2D eigenvalue weighted by Gasteiger charge is 2.14. The molecule has 1 N–H and O–H groups in total. The lowest BCUT2D eigenvalue weighted by atomic mass is 10.3. The molecule has 7 nitrogen and oxygen atoms in total. The van der Waals surface area contributed by atoms with E-state index in [0.29, 0.717) is 11.5 Å². The first-order chi connectivity index (χ1) is 12.8. The van der Waals surface area contributed by atoms with Crippen LogP contribution in [0.3, 0.4) is 0 Å². The van der Waals surface area contributed by atoms with Gasteiger partial charge >= 0.3 is 0 Å². The molecule has 0 bridgehead atoms. The fourth-order valence-corrected chi connectivity index (χ4v) is 3.25. The van der Waals surface area contributed by atoms with Crippen LogP contribution < -0.4 is 9.46 Å². The van der Waals surface area contributed by atoms with Crippen molar-refractivity contribution >= 4 is 21.4 Å². The van der Waals surface area contributed by atoms with Crippen LogP contribution in [0, 0.1) is 15.9 Å². The summed E-state index contributed by atoms with van der Waals surface area (Å²) in [6, 6.07) is 16.1. The number of nitrogens with one attached hydrogen (secondary N) is 1. The fourth-order valence-electron chi connectivity index (χ4n) is 2.19. The molecule has 3 rings (SSSR count). The number of anilines is 1.